The summed E-state index contributed by atoms with van der Waals surface area (Å²) >= 11 is 5.39. The molecule has 8 heteroatoms. The van der Waals surface area contributed by atoms with Crippen molar-refractivity contribution in [1.82, 2.24) is 9.97 Å². The Balaban J connectivity index is 3.16. The molecule has 12 heavy (non-hydrogen) atoms. The van der Waals surface area contributed by atoms with Crippen molar-refractivity contribution in [3.63, 3.8) is 0 Å². The Kier molecular flexibility index (Phi) is 2.18. The van der Waals surface area contributed by atoms with Crippen LogP contribution in [0.5, 0.6) is 0 Å². The fourth-order valence-corrected chi connectivity index (χ4v) is 0.779. The van der Waals surface area contributed by atoms with Gasteiger partial charge in [-0.05, 0) is 10.6 Å². The number of carboxylic acids is 1. The Morgan fingerprint density at radius 1 is 1.83 bits per heavy atom. The van der Waals surface area contributed by atoms with Crippen molar-refractivity contribution in [3.8, 4) is 0 Å². The van der Waals surface area contributed by atoms with Crippen LogP contribution < -0.4 is 0 Å². The highest BCUT2D eigenvalue weighted by Gasteiger charge is 2.13. The maximum atomic E-state index is 10.3. The van der Waals surface area contributed by atoms with E-state index in [4.69, 9.17) is 22.2 Å². The topological polar surface area (TPSA) is 115 Å². The summed E-state index contributed by atoms with van der Waals surface area (Å²) in [5.41, 5.74) is 7.60. The number of imidazole rings is 1. The first kappa shape index (κ1) is 8.38. The van der Waals surface area contributed by atoms with Crippen LogP contribution in [-0.4, -0.2) is 21.0 Å². The second-order valence-electron chi connectivity index (χ2n) is 1.72. The number of aromatic amines is 1. The summed E-state index contributed by atoms with van der Waals surface area (Å²) in [6.07, 6.45) is 0. The number of carboxylic acid groups (broad SMARTS) is 1. The van der Waals surface area contributed by atoms with E-state index in [1.165, 1.54) is 0 Å². The first-order chi connectivity index (χ1) is 5.65. The normalized spacial score (nSPS) is 9.08. The predicted octanol–water partition coefficient (Wildman–Crippen LogP) is 1.70. The summed E-state index contributed by atoms with van der Waals surface area (Å²) in [6, 6.07) is 0. The molecule has 0 atom stereocenters. The lowest BCUT2D eigenvalue weighted by atomic mass is 10.5. The van der Waals surface area contributed by atoms with Crippen LogP contribution >= 0.6 is 11.6 Å². The van der Waals surface area contributed by atoms with Gasteiger partial charge in [-0.2, -0.15) is 0 Å². The lowest BCUT2D eigenvalue weighted by Gasteiger charge is -1.82. The second kappa shape index (κ2) is 3.12. The molecule has 2 N–H and O–H groups in total. The first-order valence-electron chi connectivity index (χ1n) is 2.69. The summed E-state index contributed by atoms with van der Waals surface area (Å²) in [7, 11) is 0. The largest absolute Gasteiger partial charge is 0.476 e. The van der Waals surface area contributed by atoms with Crippen molar-refractivity contribution in [2.45, 2.75) is 0 Å². The maximum Gasteiger partial charge on any atom is 0.357 e. The van der Waals surface area contributed by atoms with Crippen LogP contribution in [0, 0.1) is 0 Å². The monoisotopic (exact) mass is 187 g/mol. The SMILES string of the molecule is [N-]=[N+]=Nc1nc(C(=O)O)c(Cl)[nH]1. The number of carbonyl (C=O) groups is 1. The molecule has 0 amide bonds. The number of rotatable bonds is 2. The molecule has 1 heterocycles. The molecule has 0 fully saturated rings. The Labute approximate surface area is 70.6 Å². The van der Waals surface area contributed by atoms with Gasteiger partial charge in [-0.25, -0.2) is 9.78 Å². The van der Waals surface area contributed by atoms with Crippen molar-refractivity contribution in [2.24, 2.45) is 5.11 Å². The minimum atomic E-state index is -1.28. The van der Waals surface area contributed by atoms with E-state index in [0.717, 1.165) is 0 Å². The number of H-pyrrole nitrogens is 1. The van der Waals surface area contributed by atoms with Gasteiger partial charge >= 0.3 is 5.97 Å². The Morgan fingerprint density at radius 3 is 2.92 bits per heavy atom. The third-order valence-corrected chi connectivity index (χ3v) is 1.26. The van der Waals surface area contributed by atoms with Gasteiger partial charge in [0, 0.05) is 4.91 Å². The van der Waals surface area contributed by atoms with E-state index in [2.05, 4.69) is 20.0 Å². The van der Waals surface area contributed by atoms with Gasteiger partial charge in [0.2, 0.25) is 0 Å². The highest BCUT2D eigenvalue weighted by atomic mass is 35.5. The van der Waals surface area contributed by atoms with E-state index in [9.17, 15) is 4.79 Å². The van der Waals surface area contributed by atoms with Crippen LogP contribution in [-0.2, 0) is 0 Å². The van der Waals surface area contributed by atoms with Gasteiger partial charge in [0.25, 0.3) is 0 Å². The standard InChI is InChI=1S/C4H2ClN5O2/c5-2-1(3(11)12)7-4(8-2)9-10-6/h(H,7,8)(H,11,12). The molecule has 0 saturated heterocycles. The van der Waals surface area contributed by atoms with Gasteiger partial charge in [-0.15, -0.1) is 0 Å². The average Bonchev–Trinajstić information content (AvgIpc) is 2.32. The third-order valence-electron chi connectivity index (χ3n) is 0.989. The highest BCUT2D eigenvalue weighted by molar-refractivity contribution is 6.32. The zero-order valence-electron chi connectivity index (χ0n) is 5.52. The number of aromatic carboxylic acids is 1. The molecule has 0 bridgehead atoms. The molecule has 0 aliphatic rings. The summed E-state index contributed by atoms with van der Waals surface area (Å²) in [4.78, 5) is 18.4. The molecule has 0 spiro atoms. The van der Waals surface area contributed by atoms with Crippen LogP contribution in [0.2, 0.25) is 5.15 Å². The lowest BCUT2D eigenvalue weighted by Crippen LogP contribution is -1.96. The fourth-order valence-electron chi connectivity index (χ4n) is 0.572. The Bertz CT molecular complexity index is 366. The molecular weight excluding hydrogens is 186 g/mol. The van der Waals surface area contributed by atoms with Crippen molar-refractivity contribution in [1.29, 1.82) is 0 Å². The van der Waals surface area contributed by atoms with E-state index < -0.39 is 5.97 Å². The molecule has 62 valence electrons. The lowest BCUT2D eigenvalue weighted by molar-refractivity contribution is 0.0691. The van der Waals surface area contributed by atoms with Gasteiger partial charge in [0.05, 0.1) is 0 Å². The maximum absolute atomic E-state index is 10.3. The molecule has 0 unspecified atom stereocenters. The van der Waals surface area contributed by atoms with Gasteiger partial charge < -0.3 is 10.1 Å². The predicted molar refractivity (Wildman–Crippen MR) is 39.4 cm³/mol. The number of hydrogen-bond donors (Lipinski definition) is 2. The van der Waals surface area contributed by atoms with Crippen molar-refractivity contribution >= 4 is 23.5 Å². The van der Waals surface area contributed by atoms with E-state index in [1.54, 1.807) is 0 Å². The van der Waals surface area contributed by atoms with Gasteiger partial charge in [0.1, 0.15) is 5.15 Å². The molecule has 0 aliphatic carbocycles. The summed E-state index contributed by atoms with van der Waals surface area (Å²) < 4.78 is 0. The van der Waals surface area contributed by atoms with Crippen LogP contribution in [0.4, 0.5) is 5.95 Å². The molecule has 0 saturated carbocycles. The molecule has 1 aromatic heterocycles. The number of aromatic nitrogens is 2. The number of halogens is 1. The van der Waals surface area contributed by atoms with E-state index in [0.29, 0.717) is 0 Å². The Hall–Kier alpha value is -1.72. The minimum Gasteiger partial charge on any atom is -0.476 e. The van der Waals surface area contributed by atoms with Crippen molar-refractivity contribution in [2.75, 3.05) is 0 Å². The van der Waals surface area contributed by atoms with E-state index in [1.807, 2.05) is 0 Å². The molecule has 1 aromatic rings. The fraction of sp³-hybridized carbons (Fsp3) is 0. The molecule has 0 radical (unpaired) electrons. The van der Waals surface area contributed by atoms with Crippen LogP contribution in [0.15, 0.2) is 5.11 Å². The first-order valence-corrected chi connectivity index (χ1v) is 3.07. The van der Waals surface area contributed by atoms with E-state index >= 15 is 0 Å². The third kappa shape index (κ3) is 1.47. The molecular formula is C4H2ClN5O2. The number of azide groups is 1. The van der Waals surface area contributed by atoms with Gasteiger partial charge in [0.15, 0.2) is 11.6 Å². The smallest absolute Gasteiger partial charge is 0.357 e. The quantitative estimate of drug-likeness (QED) is 0.417. The molecule has 1 rings (SSSR count). The Morgan fingerprint density at radius 2 is 2.50 bits per heavy atom. The molecule has 0 aromatic carbocycles. The molecule has 0 aliphatic heterocycles. The number of nitrogens with one attached hydrogen (secondary N) is 1. The molecule has 7 nitrogen and oxygen atoms in total. The van der Waals surface area contributed by atoms with Gasteiger partial charge in [-0.1, -0.05) is 11.6 Å². The number of hydrogen-bond acceptors (Lipinski definition) is 3. The highest BCUT2D eigenvalue weighted by Crippen LogP contribution is 2.17. The summed E-state index contributed by atoms with van der Waals surface area (Å²) in [5, 5.41) is 11.3. The summed E-state index contributed by atoms with van der Waals surface area (Å²) in [5.74, 6) is -1.45. The van der Waals surface area contributed by atoms with Crippen LogP contribution in [0.25, 0.3) is 10.4 Å². The summed E-state index contributed by atoms with van der Waals surface area (Å²) in [6.45, 7) is 0. The number of nitrogens with zero attached hydrogens (tertiary/aromatic N) is 4. The minimum absolute atomic E-state index is 0.162. The zero-order chi connectivity index (χ0) is 9.14. The van der Waals surface area contributed by atoms with Crippen LogP contribution in [0.3, 0.4) is 0 Å². The van der Waals surface area contributed by atoms with Crippen LogP contribution in [0.1, 0.15) is 10.5 Å². The second-order valence-corrected chi connectivity index (χ2v) is 2.10. The average molecular weight is 188 g/mol. The van der Waals surface area contributed by atoms with Crippen molar-refractivity contribution < 1.29 is 9.90 Å². The van der Waals surface area contributed by atoms with Gasteiger partial charge in [-0.3, -0.25) is 0 Å². The van der Waals surface area contributed by atoms with E-state index in [-0.39, 0.29) is 16.8 Å². The van der Waals surface area contributed by atoms with Crippen molar-refractivity contribution in [3.05, 3.63) is 21.3 Å². The zero-order valence-corrected chi connectivity index (χ0v) is 6.28.